The van der Waals surface area contributed by atoms with Crippen molar-refractivity contribution < 1.29 is 13.5 Å². The zero-order valence-electron chi connectivity index (χ0n) is 11.0. The Morgan fingerprint density at radius 1 is 1.25 bits per heavy atom. The highest BCUT2D eigenvalue weighted by atomic mass is 19.1. The highest BCUT2D eigenvalue weighted by Gasteiger charge is 2.08. The third-order valence-corrected chi connectivity index (χ3v) is 2.85. The van der Waals surface area contributed by atoms with Crippen LogP contribution in [0.15, 0.2) is 40.9 Å². The van der Waals surface area contributed by atoms with Gasteiger partial charge in [-0.2, -0.15) is 0 Å². The molecule has 2 heterocycles. The SMILES string of the molecule is CCOc1ccc(Cc2nc3cc(F)cnc3o2)cc1. The quantitative estimate of drug-likeness (QED) is 0.730. The summed E-state index contributed by atoms with van der Waals surface area (Å²) < 4.78 is 23.9. The van der Waals surface area contributed by atoms with Gasteiger partial charge in [0.2, 0.25) is 11.6 Å². The summed E-state index contributed by atoms with van der Waals surface area (Å²) in [5, 5.41) is 0. The van der Waals surface area contributed by atoms with Gasteiger partial charge < -0.3 is 9.15 Å². The average Bonchev–Trinajstić information content (AvgIpc) is 2.82. The van der Waals surface area contributed by atoms with Crippen LogP contribution >= 0.6 is 0 Å². The number of halogens is 1. The van der Waals surface area contributed by atoms with E-state index >= 15 is 0 Å². The maximum Gasteiger partial charge on any atom is 0.247 e. The second-order valence-corrected chi connectivity index (χ2v) is 4.34. The highest BCUT2D eigenvalue weighted by molar-refractivity contribution is 5.67. The number of fused-ring (bicyclic) bond motifs is 1. The lowest BCUT2D eigenvalue weighted by molar-refractivity contribution is 0.340. The van der Waals surface area contributed by atoms with Gasteiger partial charge in [-0.15, -0.1) is 0 Å². The molecule has 4 nitrogen and oxygen atoms in total. The Morgan fingerprint density at radius 2 is 2.05 bits per heavy atom. The van der Waals surface area contributed by atoms with E-state index in [1.54, 1.807) is 0 Å². The van der Waals surface area contributed by atoms with E-state index in [2.05, 4.69) is 9.97 Å². The summed E-state index contributed by atoms with van der Waals surface area (Å²) in [4.78, 5) is 8.08. The summed E-state index contributed by atoms with van der Waals surface area (Å²) >= 11 is 0. The third-order valence-electron chi connectivity index (χ3n) is 2.85. The minimum atomic E-state index is -0.418. The van der Waals surface area contributed by atoms with E-state index in [4.69, 9.17) is 9.15 Å². The molecule has 0 saturated heterocycles. The van der Waals surface area contributed by atoms with Crippen LogP contribution in [-0.4, -0.2) is 16.6 Å². The van der Waals surface area contributed by atoms with Crippen LogP contribution in [0.25, 0.3) is 11.2 Å². The smallest absolute Gasteiger partial charge is 0.247 e. The number of hydrogen-bond acceptors (Lipinski definition) is 4. The van der Waals surface area contributed by atoms with Gasteiger partial charge in [0, 0.05) is 12.5 Å². The summed E-state index contributed by atoms with van der Waals surface area (Å²) in [7, 11) is 0. The topological polar surface area (TPSA) is 48.2 Å². The van der Waals surface area contributed by atoms with Crippen molar-refractivity contribution in [3.05, 3.63) is 53.8 Å². The van der Waals surface area contributed by atoms with Crippen molar-refractivity contribution in [3.8, 4) is 5.75 Å². The largest absolute Gasteiger partial charge is 0.494 e. The van der Waals surface area contributed by atoms with Crippen molar-refractivity contribution in [2.24, 2.45) is 0 Å². The first-order valence-corrected chi connectivity index (χ1v) is 6.37. The molecule has 0 amide bonds. The molecule has 20 heavy (non-hydrogen) atoms. The Bertz CT molecular complexity index is 722. The molecule has 0 N–H and O–H groups in total. The Hall–Kier alpha value is -2.43. The van der Waals surface area contributed by atoms with Gasteiger partial charge in [0.05, 0.1) is 12.8 Å². The molecule has 1 aromatic carbocycles. The number of aromatic nitrogens is 2. The van der Waals surface area contributed by atoms with Crippen LogP contribution in [0.2, 0.25) is 0 Å². The van der Waals surface area contributed by atoms with Crippen LogP contribution in [0.1, 0.15) is 18.4 Å². The van der Waals surface area contributed by atoms with E-state index < -0.39 is 5.82 Å². The number of pyridine rings is 1. The van der Waals surface area contributed by atoms with Gasteiger partial charge in [-0.25, -0.2) is 14.4 Å². The zero-order chi connectivity index (χ0) is 13.9. The molecule has 0 unspecified atom stereocenters. The average molecular weight is 272 g/mol. The summed E-state index contributed by atoms with van der Waals surface area (Å²) in [6.45, 7) is 2.58. The second-order valence-electron chi connectivity index (χ2n) is 4.34. The molecule has 0 aliphatic carbocycles. The predicted octanol–water partition coefficient (Wildman–Crippen LogP) is 3.35. The lowest BCUT2D eigenvalue weighted by Gasteiger charge is -2.03. The minimum Gasteiger partial charge on any atom is -0.494 e. The number of nitrogens with zero attached hydrogens (tertiary/aromatic N) is 2. The molecular weight excluding hydrogens is 259 g/mol. The number of rotatable bonds is 4. The number of hydrogen-bond donors (Lipinski definition) is 0. The lowest BCUT2D eigenvalue weighted by Crippen LogP contribution is -1.92. The molecule has 0 spiro atoms. The molecule has 0 bridgehead atoms. The molecule has 3 aromatic rings. The molecule has 0 aliphatic heterocycles. The van der Waals surface area contributed by atoms with Crippen molar-refractivity contribution in [1.29, 1.82) is 0 Å². The Kier molecular flexibility index (Phi) is 3.33. The van der Waals surface area contributed by atoms with Gasteiger partial charge >= 0.3 is 0 Å². The number of benzene rings is 1. The molecule has 3 rings (SSSR count). The third kappa shape index (κ3) is 2.61. The van der Waals surface area contributed by atoms with E-state index in [0.29, 0.717) is 30.1 Å². The molecule has 0 saturated carbocycles. The summed E-state index contributed by atoms with van der Waals surface area (Å²) in [6, 6.07) is 9.02. The van der Waals surface area contributed by atoms with Crippen LogP contribution in [0.3, 0.4) is 0 Å². The van der Waals surface area contributed by atoms with E-state index in [1.165, 1.54) is 6.07 Å². The minimum absolute atomic E-state index is 0.354. The van der Waals surface area contributed by atoms with Gasteiger partial charge in [-0.3, -0.25) is 0 Å². The maximum absolute atomic E-state index is 13.0. The second kappa shape index (κ2) is 5.28. The van der Waals surface area contributed by atoms with Crippen molar-refractivity contribution in [2.45, 2.75) is 13.3 Å². The Labute approximate surface area is 115 Å². The fourth-order valence-electron chi connectivity index (χ4n) is 1.96. The molecule has 0 fully saturated rings. The lowest BCUT2D eigenvalue weighted by atomic mass is 10.1. The van der Waals surface area contributed by atoms with E-state index in [9.17, 15) is 4.39 Å². The molecule has 2 aromatic heterocycles. The monoisotopic (exact) mass is 272 g/mol. The Morgan fingerprint density at radius 3 is 2.80 bits per heavy atom. The van der Waals surface area contributed by atoms with Crippen LogP contribution in [0, 0.1) is 5.82 Å². The van der Waals surface area contributed by atoms with Crippen molar-refractivity contribution in [2.75, 3.05) is 6.61 Å². The standard InChI is InChI=1S/C15H13FN2O2/c1-2-19-12-5-3-10(4-6-12)7-14-18-13-8-11(16)9-17-15(13)20-14/h3-6,8-9H,2,7H2,1H3. The normalized spacial score (nSPS) is 10.9. The first-order chi connectivity index (χ1) is 9.74. The van der Waals surface area contributed by atoms with Gasteiger partial charge in [0.25, 0.3) is 0 Å². The van der Waals surface area contributed by atoms with E-state index in [0.717, 1.165) is 17.5 Å². The number of ether oxygens (including phenoxy) is 1. The number of oxazole rings is 1. The van der Waals surface area contributed by atoms with Gasteiger partial charge in [-0.05, 0) is 24.6 Å². The molecule has 0 aliphatic rings. The maximum atomic E-state index is 13.0. The molecular formula is C15H13FN2O2. The first-order valence-electron chi connectivity index (χ1n) is 6.37. The molecule has 0 atom stereocenters. The van der Waals surface area contributed by atoms with Gasteiger partial charge in [0.15, 0.2) is 0 Å². The van der Waals surface area contributed by atoms with Crippen LogP contribution < -0.4 is 4.74 Å². The molecule has 5 heteroatoms. The first kappa shape index (κ1) is 12.6. The van der Waals surface area contributed by atoms with Crippen molar-refractivity contribution in [3.63, 3.8) is 0 Å². The van der Waals surface area contributed by atoms with Gasteiger partial charge in [0.1, 0.15) is 17.1 Å². The fraction of sp³-hybridized carbons (Fsp3) is 0.200. The summed E-state index contributed by atoms with van der Waals surface area (Å²) in [5.41, 5.74) is 1.83. The van der Waals surface area contributed by atoms with E-state index in [1.807, 2.05) is 31.2 Å². The molecule has 0 radical (unpaired) electrons. The Balaban J connectivity index is 1.81. The van der Waals surface area contributed by atoms with Gasteiger partial charge in [-0.1, -0.05) is 12.1 Å². The van der Waals surface area contributed by atoms with Crippen LogP contribution in [0.5, 0.6) is 5.75 Å². The van der Waals surface area contributed by atoms with Crippen molar-refractivity contribution >= 4 is 11.2 Å². The van der Waals surface area contributed by atoms with E-state index in [-0.39, 0.29) is 0 Å². The highest BCUT2D eigenvalue weighted by Crippen LogP contribution is 2.18. The van der Waals surface area contributed by atoms with Crippen LogP contribution in [-0.2, 0) is 6.42 Å². The predicted molar refractivity (Wildman–Crippen MR) is 72.2 cm³/mol. The zero-order valence-corrected chi connectivity index (χ0v) is 11.0. The fourth-order valence-corrected chi connectivity index (χ4v) is 1.96. The summed E-state index contributed by atoms with van der Waals surface area (Å²) in [6.07, 6.45) is 1.65. The van der Waals surface area contributed by atoms with Crippen molar-refractivity contribution in [1.82, 2.24) is 9.97 Å². The van der Waals surface area contributed by atoms with Crippen LogP contribution in [0.4, 0.5) is 4.39 Å². The summed E-state index contributed by atoms with van der Waals surface area (Å²) in [5.74, 6) is 0.929. The molecule has 102 valence electrons.